The maximum absolute atomic E-state index is 5.87. The SMILES string of the molecule is CNC1COC(C)(c2ccc(OC)cc2OC)OC1. The summed E-state index contributed by atoms with van der Waals surface area (Å²) >= 11 is 0. The second kappa shape index (κ2) is 5.77. The Morgan fingerprint density at radius 1 is 1.21 bits per heavy atom. The fourth-order valence-electron chi connectivity index (χ4n) is 2.10. The Labute approximate surface area is 113 Å². The van der Waals surface area contributed by atoms with Crippen LogP contribution in [-0.2, 0) is 15.3 Å². The summed E-state index contributed by atoms with van der Waals surface area (Å²) in [4.78, 5) is 0. The maximum Gasteiger partial charge on any atom is 0.195 e. The van der Waals surface area contributed by atoms with Gasteiger partial charge in [-0.05, 0) is 26.1 Å². The van der Waals surface area contributed by atoms with E-state index in [2.05, 4.69) is 5.32 Å². The molecule has 1 aliphatic heterocycles. The second-order valence-electron chi connectivity index (χ2n) is 4.62. The van der Waals surface area contributed by atoms with Gasteiger partial charge < -0.3 is 24.3 Å². The summed E-state index contributed by atoms with van der Waals surface area (Å²) < 4.78 is 22.3. The highest BCUT2D eigenvalue weighted by Crippen LogP contribution is 2.38. The third-order valence-electron chi connectivity index (χ3n) is 3.43. The highest BCUT2D eigenvalue weighted by atomic mass is 16.7. The van der Waals surface area contributed by atoms with Gasteiger partial charge in [0.25, 0.3) is 0 Å². The Kier molecular flexibility index (Phi) is 4.29. The number of rotatable bonds is 4. The van der Waals surface area contributed by atoms with Crippen molar-refractivity contribution < 1.29 is 18.9 Å². The Bertz CT molecular complexity index is 427. The zero-order valence-electron chi connectivity index (χ0n) is 11.9. The topological polar surface area (TPSA) is 49.0 Å². The van der Waals surface area contributed by atoms with E-state index in [1.807, 2.05) is 32.2 Å². The van der Waals surface area contributed by atoms with Gasteiger partial charge in [0.2, 0.25) is 0 Å². The molecule has 1 heterocycles. The predicted octanol–water partition coefficient (Wildman–Crippen LogP) is 1.51. The van der Waals surface area contributed by atoms with Gasteiger partial charge in [-0.25, -0.2) is 0 Å². The third kappa shape index (κ3) is 2.83. The predicted molar refractivity (Wildman–Crippen MR) is 71.6 cm³/mol. The lowest BCUT2D eigenvalue weighted by Crippen LogP contribution is -2.47. The van der Waals surface area contributed by atoms with Crippen molar-refractivity contribution in [3.8, 4) is 11.5 Å². The molecule has 1 fully saturated rings. The van der Waals surface area contributed by atoms with Gasteiger partial charge in [-0.2, -0.15) is 0 Å². The van der Waals surface area contributed by atoms with Crippen LogP contribution in [0.1, 0.15) is 12.5 Å². The van der Waals surface area contributed by atoms with Crippen LogP contribution in [0.5, 0.6) is 11.5 Å². The molecule has 19 heavy (non-hydrogen) atoms. The molecule has 1 aliphatic rings. The van der Waals surface area contributed by atoms with Crippen LogP contribution in [0.2, 0.25) is 0 Å². The van der Waals surface area contributed by atoms with Crippen LogP contribution in [0.3, 0.4) is 0 Å². The van der Waals surface area contributed by atoms with E-state index >= 15 is 0 Å². The highest BCUT2D eigenvalue weighted by Gasteiger charge is 2.36. The highest BCUT2D eigenvalue weighted by molar-refractivity contribution is 5.43. The molecule has 1 aromatic rings. The van der Waals surface area contributed by atoms with E-state index < -0.39 is 5.79 Å². The molecule has 5 heteroatoms. The van der Waals surface area contributed by atoms with Crippen molar-refractivity contribution in [1.82, 2.24) is 5.32 Å². The largest absolute Gasteiger partial charge is 0.497 e. The molecule has 0 aromatic heterocycles. The normalized spacial score (nSPS) is 27.1. The van der Waals surface area contributed by atoms with Gasteiger partial charge in [0.1, 0.15) is 11.5 Å². The lowest BCUT2D eigenvalue weighted by molar-refractivity contribution is -0.273. The summed E-state index contributed by atoms with van der Waals surface area (Å²) in [5, 5.41) is 3.14. The minimum absolute atomic E-state index is 0.220. The molecule has 2 rings (SSSR count). The van der Waals surface area contributed by atoms with E-state index in [0.717, 1.165) is 11.3 Å². The van der Waals surface area contributed by atoms with Crippen LogP contribution >= 0.6 is 0 Å². The first kappa shape index (κ1) is 14.1. The summed E-state index contributed by atoms with van der Waals surface area (Å²) in [7, 11) is 5.15. The number of hydrogen-bond acceptors (Lipinski definition) is 5. The molecule has 0 radical (unpaired) electrons. The van der Waals surface area contributed by atoms with Crippen molar-refractivity contribution in [3.05, 3.63) is 23.8 Å². The van der Waals surface area contributed by atoms with E-state index in [1.165, 1.54) is 0 Å². The summed E-state index contributed by atoms with van der Waals surface area (Å²) in [6, 6.07) is 5.84. The van der Waals surface area contributed by atoms with E-state index in [1.54, 1.807) is 14.2 Å². The van der Waals surface area contributed by atoms with E-state index in [-0.39, 0.29) is 6.04 Å². The minimum atomic E-state index is -0.787. The van der Waals surface area contributed by atoms with Gasteiger partial charge in [-0.3, -0.25) is 0 Å². The van der Waals surface area contributed by atoms with Crippen LogP contribution in [0.15, 0.2) is 18.2 Å². The van der Waals surface area contributed by atoms with Gasteiger partial charge >= 0.3 is 0 Å². The Balaban J connectivity index is 2.25. The minimum Gasteiger partial charge on any atom is -0.497 e. The van der Waals surface area contributed by atoms with Gasteiger partial charge in [-0.15, -0.1) is 0 Å². The lowest BCUT2D eigenvalue weighted by Gasteiger charge is -2.38. The van der Waals surface area contributed by atoms with E-state index in [4.69, 9.17) is 18.9 Å². The number of nitrogens with one attached hydrogen (secondary N) is 1. The third-order valence-corrected chi connectivity index (χ3v) is 3.43. The molecular formula is C14H21NO4. The summed E-state index contributed by atoms with van der Waals surface area (Å²) in [5.41, 5.74) is 0.866. The monoisotopic (exact) mass is 267 g/mol. The van der Waals surface area contributed by atoms with Crippen molar-refractivity contribution in [2.45, 2.75) is 18.8 Å². The number of likely N-dealkylation sites (N-methyl/N-ethyl adjacent to an activating group) is 1. The lowest BCUT2D eigenvalue weighted by atomic mass is 10.0. The van der Waals surface area contributed by atoms with Crippen LogP contribution in [0.25, 0.3) is 0 Å². The molecule has 0 amide bonds. The standard InChI is InChI=1S/C14H21NO4/c1-14(18-8-10(15-2)9-19-14)12-6-5-11(16-3)7-13(12)17-4/h5-7,10,15H,8-9H2,1-4H3. The molecule has 1 saturated heterocycles. The molecule has 0 atom stereocenters. The van der Waals surface area contributed by atoms with Crippen molar-refractivity contribution in [3.63, 3.8) is 0 Å². The molecule has 5 nitrogen and oxygen atoms in total. The number of hydrogen-bond donors (Lipinski definition) is 1. The maximum atomic E-state index is 5.87. The summed E-state index contributed by atoms with van der Waals surface area (Å²) in [6.07, 6.45) is 0. The second-order valence-corrected chi connectivity index (χ2v) is 4.62. The van der Waals surface area contributed by atoms with Crippen LogP contribution < -0.4 is 14.8 Å². The van der Waals surface area contributed by atoms with E-state index in [0.29, 0.717) is 19.0 Å². The number of ether oxygens (including phenoxy) is 4. The van der Waals surface area contributed by atoms with Crippen molar-refractivity contribution >= 4 is 0 Å². The fraction of sp³-hybridized carbons (Fsp3) is 0.571. The van der Waals surface area contributed by atoms with Gasteiger partial charge in [0, 0.05) is 6.07 Å². The Morgan fingerprint density at radius 3 is 2.42 bits per heavy atom. The smallest absolute Gasteiger partial charge is 0.195 e. The molecule has 0 saturated carbocycles. The molecule has 0 spiro atoms. The molecule has 0 bridgehead atoms. The van der Waals surface area contributed by atoms with E-state index in [9.17, 15) is 0 Å². The Hall–Kier alpha value is -1.30. The summed E-state index contributed by atoms with van der Waals surface area (Å²) in [5.74, 6) is 0.656. The Morgan fingerprint density at radius 2 is 1.89 bits per heavy atom. The van der Waals surface area contributed by atoms with Gasteiger partial charge in [0.05, 0.1) is 39.0 Å². The van der Waals surface area contributed by atoms with Crippen LogP contribution in [-0.4, -0.2) is 40.5 Å². The molecule has 1 N–H and O–H groups in total. The molecule has 1 aromatic carbocycles. The first-order valence-electron chi connectivity index (χ1n) is 6.30. The van der Waals surface area contributed by atoms with Gasteiger partial charge in [-0.1, -0.05) is 0 Å². The average molecular weight is 267 g/mol. The first-order chi connectivity index (χ1) is 9.12. The average Bonchev–Trinajstić information content (AvgIpc) is 2.47. The van der Waals surface area contributed by atoms with Gasteiger partial charge in [0.15, 0.2) is 5.79 Å². The zero-order valence-corrected chi connectivity index (χ0v) is 11.9. The molecule has 0 unspecified atom stereocenters. The quantitative estimate of drug-likeness (QED) is 0.896. The van der Waals surface area contributed by atoms with Crippen molar-refractivity contribution in [2.75, 3.05) is 34.5 Å². The molecule has 106 valence electrons. The number of benzene rings is 1. The zero-order chi connectivity index (χ0) is 13.9. The van der Waals surface area contributed by atoms with Crippen LogP contribution in [0.4, 0.5) is 0 Å². The molecular weight excluding hydrogens is 246 g/mol. The van der Waals surface area contributed by atoms with Crippen molar-refractivity contribution in [2.24, 2.45) is 0 Å². The fourth-order valence-corrected chi connectivity index (χ4v) is 2.10. The van der Waals surface area contributed by atoms with Crippen molar-refractivity contribution in [1.29, 1.82) is 0 Å². The molecule has 0 aliphatic carbocycles. The first-order valence-corrected chi connectivity index (χ1v) is 6.30. The number of methoxy groups -OCH3 is 2. The summed E-state index contributed by atoms with van der Waals surface area (Å²) in [6.45, 7) is 3.10. The van der Waals surface area contributed by atoms with Crippen LogP contribution in [0, 0.1) is 0 Å².